The minimum absolute atomic E-state index is 0.425. The largest absolute Gasteiger partial charge is 0.362 e. The van der Waals surface area contributed by atoms with Crippen molar-refractivity contribution in [2.24, 2.45) is 16.3 Å². The van der Waals surface area contributed by atoms with E-state index in [4.69, 9.17) is 4.99 Å². The summed E-state index contributed by atoms with van der Waals surface area (Å²) in [5, 5.41) is 4.91. The van der Waals surface area contributed by atoms with E-state index in [9.17, 15) is 0 Å². The number of fused-ring (bicyclic) bond motifs is 1. The van der Waals surface area contributed by atoms with Crippen LogP contribution in [-0.4, -0.2) is 48.5 Å². The molecular formula is C15H27N3S. The lowest BCUT2D eigenvalue weighted by Gasteiger charge is -2.37. The minimum atomic E-state index is 0.425. The van der Waals surface area contributed by atoms with Crippen molar-refractivity contribution in [2.75, 3.05) is 32.4 Å². The van der Waals surface area contributed by atoms with Crippen LogP contribution in [0.25, 0.3) is 0 Å². The van der Waals surface area contributed by atoms with Crippen molar-refractivity contribution in [2.45, 2.75) is 45.1 Å². The second-order valence-corrected chi connectivity index (χ2v) is 8.00. The zero-order valence-corrected chi connectivity index (χ0v) is 13.1. The van der Waals surface area contributed by atoms with Gasteiger partial charge in [-0.25, -0.2) is 0 Å². The van der Waals surface area contributed by atoms with E-state index >= 15 is 0 Å². The molecule has 2 aliphatic heterocycles. The van der Waals surface area contributed by atoms with Gasteiger partial charge in [-0.2, -0.15) is 0 Å². The standard InChI is InChI=1S/C15H27N3S/c1-15(6-8-18(2)9-7-15)11-16-14-17-13-5-3-4-12(13)10-19-14/h12-13H,3-11H2,1-2H3,(H,16,17). The maximum atomic E-state index is 4.91. The zero-order valence-electron chi connectivity index (χ0n) is 12.3. The molecule has 3 aliphatic rings. The predicted octanol–water partition coefficient (Wildman–Crippen LogP) is 2.58. The average molecular weight is 281 g/mol. The molecule has 108 valence electrons. The van der Waals surface area contributed by atoms with E-state index in [2.05, 4.69) is 24.2 Å². The number of nitrogens with one attached hydrogen (secondary N) is 1. The van der Waals surface area contributed by atoms with Crippen LogP contribution < -0.4 is 5.32 Å². The van der Waals surface area contributed by atoms with Crippen LogP contribution in [0.1, 0.15) is 39.0 Å². The number of piperidine rings is 1. The highest BCUT2D eigenvalue weighted by Gasteiger charge is 2.33. The Kier molecular flexibility index (Phi) is 4.08. The summed E-state index contributed by atoms with van der Waals surface area (Å²) in [7, 11) is 2.23. The Hall–Kier alpha value is -0.220. The second-order valence-electron chi connectivity index (χ2n) is 6.99. The minimum Gasteiger partial charge on any atom is -0.362 e. The van der Waals surface area contributed by atoms with Crippen LogP contribution in [0.4, 0.5) is 0 Å². The number of nitrogens with zero attached hydrogens (tertiary/aromatic N) is 2. The van der Waals surface area contributed by atoms with Gasteiger partial charge in [-0.05, 0) is 57.2 Å². The zero-order chi connectivity index (χ0) is 13.3. The number of amidine groups is 1. The van der Waals surface area contributed by atoms with Crippen molar-refractivity contribution in [1.29, 1.82) is 0 Å². The maximum absolute atomic E-state index is 4.91. The summed E-state index contributed by atoms with van der Waals surface area (Å²) in [5.41, 5.74) is 0.425. The highest BCUT2D eigenvalue weighted by atomic mass is 32.2. The van der Waals surface area contributed by atoms with Gasteiger partial charge in [-0.15, -0.1) is 0 Å². The van der Waals surface area contributed by atoms with E-state index in [0.29, 0.717) is 5.41 Å². The van der Waals surface area contributed by atoms with Crippen molar-refractivity contribution in [3.05, 3.63) is 0 Å². The topological polar surface area (TPSA) is 27.6 Å². The van der Waals surface area contributed by atoms with Crippen molar-refractivity contribution in [3.8, 4) is 0 Å². The van der Waals surface area contributed by atoms with Crippen LogP contribution in [0, 0.1) is 11.3 Å². The molecule has 3 nitrogen and oxygen atoms in total. The summed E-state index contributed by atoms with van der Waals surface area (Å²) in [6.07, 6.45) is 6.75. The van der Waals surface area contributed by atoms with Crippen molar-refractivity contribution < 1.29 is 0 Å². The van der Waals surface area contributed by atoms with E-state index in [1.807, 2.05) is 11.8 Å². The van der Waals surface area contributed by atoms with Crippen LogP contribution >= 0.6 is 11.8 Å². The molecule has 19 heavy (non-hydrogen) atoms. The number of likely N-dealkylation sites (tertiary alicyclic amines) is 1. The Labute approximate surface area is 121 Å². The van der Waals surface area contributed by atoms with Crippen molar-refractivity contribution in [1.82, 2.24) is 10.2 Å². The molecular weight excluding hydrogens is 254 g/mol. The highest BCUT2D eigenvalue weighted by Crippen LogP contribution is 2.34. The molecule has 0 aromatic carbocycles. The van der Waals surface area contributed by atoms with Crippen LogP contribution in [0.5, 0.6) is 0 Å². The SMILES string of the molecule is CN1CCC(C)(CN=C2NC3CCCC3CS2)CC1. The van der Waals surface area contributed by atoms with Crippen LogP contribution in [0.2, 0.25) is 0 Å². The van der Waals surface area contributed by atoms with Gasteiger partial charge in [0.2, 0.25) is 0 Å². The predicted molar refractivity (Wildman–Crippen MR) is 83.9 cm³/mol. The molecule has 2 atom stereocenters. The fourth-order valence-electron chi connectivity index (χ4n) is 3.48. The van der Waals surface area contributed by atoms with Gasteiger partial charge in [0.15, 0.2) is 5.17 Å². The number of hydrogen-bond acceptors (Lipinski definition) is 3. The lowest BCUT2D eigenvalue weighted by atomic mass is 9.81. The van der Waals surface area contributed by atoms with E-state index in [1.165, 1.54) is 56.1 Å². The van der Waals surface area contributed by atoms with Crippen LogP contribution in [0.3, 0.4) is 0 Å². The van der Waals surface area contributed by atoms with Crippen molar-refractivity contribution >= 4 is 16.9 Å². The third-order valence-electron chi connectivity index (χ3n) is 5.20. The molecule has 2 unspecified atom stereocenters. The van der Waals surface area contributed by atoms with E-state index in [0.717, 1.165) is 18.5 Å². The quantitative estimate of drug-likeness (QED) is 0.843. The molecule has 1 N–H and O–H groups in total. The Balaban J connectivity index is 1.54. The lowest BCUT2D eigenvalue weighted by molar-refractivity contribution is 0.147. The average Bonchev–Trinajstić information content (AvgIpc) is 2.88. The Bertz CT molecular complexity index is 347. The summed E-state index contributed by atoms with van der Waals surface area (Å²) >= 11 is 1.96. The van der Waals surface area contributed by atoms with Gasteiger partial charge in [0.05, 0.1) is 0 Å². The third kappa shape index (κ3) is 3.27. The molecule has 3 rings (SSSR count). The molecule has 0 spiro atoms. The number of hydrogen-bond donors (Lipinski definition) is 1. The smallest absolute Gasteiger partial charge is 0.156 e. The third-order valence-corrected chi connectivity index (χ3v) is 6.32. The molecule has 0 aromatic heterocycles. The van der Waals surface area contributed by atoms with Gasteiger partial charge in [-0.3, -0.25) is 4.99 Å². The molecule has 0 amide bonds. The van der Waals surface area contributed by atoms with Gasteiger partial charge in [-0.1, -0.05) is 25.1 Å². The Morgan fingerprint density at radius 2 is 2.16 bits per heavy atom. The van der Waals surface area contributed by atoms with E-state index in [1.54, 1.807) is 0 Å². The summed E-state index contributed by atoms with van der Waals surface area (Å²) in [5.74, 6) is 2.19. The molecule has 4 heteroatoms. The fourth-order valence-corrected chi connectivity index (χ4v) is 4.64. The summed E-state index contributed by atoms with van der Waals surface area (Å²) < 4.78 is 0. The molecule has 1 saturated carbocycles. The molecule has 1 aliphatic carbocycles. The summed E-state index contributed by atoms with van der Waals surface area (Å²) in [4.78, 5) is 7.35. The first-order chi connectivity index (χ1) is 9.15. The molecule has 2 heterocycles. The van der Waals surface area contributed by atoms with Crippen LogP contribution in [-0.2, 0) is 0 Å². The molecule has 0 radical (unpaired) electrons. The highest BCUT2D eigenvalue weighted by molar-refractivity contribution is 8.13. The second kappa shape index (κ2) is 5.65. The number of aliphatic imine (C=N–C) groups is 1. The summed E-state index contributed by atoms with van der Waals surface area (Å²) in [6, 6.07) is 0.727. The lowest BCUT2D eigenvalue weighted by Crippen LogP contribution is -2.42. The molecule has 0 bridgehead atoms. The maximum Gasteiger partial charge on any atom is 0.156 e. The van der Waals surface area contributed by atoms with Gasteiger partial charge in [0, 0.05) is 18.3 Å². The number of thioether (sulfide) groups is 1. The normalized spacial score (nSPS) is 37.1. The first kappa shape index (κ1) is 13.7. The van der Waals surface area contributed by atoms with Gasteiger partial charge in [0.1, 0.15) is 0 Å². The van der Waals surface area contributed by atoms with Crippen LogP contribution in [0.15, 0.2) is 4.99 Å². The molecule has 0 aromatic rings. The molecule has 2 saturated heterocycles. The van der Waals surface area contributed by atoms with E-state index < -0.39 is 0 Å². The monoisotopic (exact) mass is 281 g/mol. The fraction of sp³-hybridized carbons (Fsp3) is 0.933. The van der Waals surface area contributed by atoms with Gasteiger partial charge in [0.25, 0.3) is 0 Å². The van der Waals surface area contributed by atoms with E-state index in [-0.39, 0.29) is 0 Å². The first-order valence-electron chi connectivity index (χ1n) is 7.77. The molecule has 3 fully saturated rings. The number of rotatable bonds is 2. The Morgan fingerprint density at radius 3 is 2.95 bits per heavy atom. The Morgan fingerprint density at radius 1 is 1.37 bits per heavy atom. The van der Waals surface area contributed by atoms with Gasteiger partial charge < -0.3 is 10.2 Å². The summed E-state index contributed by atoms with van der Waals surface area (Å²) in [6.45, 7) is 5.88. The first-order valence-corrected chi connectivity index (χ1v) is 8.76. The van der Waals surface area contributed by atoms with Crippen molar-refractivity contribution in [3.63, 3.8) is 0 Å². The van der Waals surface area contributed by atoms with Gasteiger partial charge >= 0.3 is 0 Å².